The molecule has 1 aliphatic rings. The Hall–Kier alpha value is -0.260. The molecule has 0 bridgehead atoms. The van der Waals surface area contributed by atoms with Crippen molar-refractivity contribution in [3.63, 3.8) is 0 Å². The Labute approximate surface area is 147 Å². The van der Waals surface area contributed by atoms with E-state index in [-0.39, 0.29) is 0 Å². The smallest absolute Gasteiger partial charge is 0.0231 e. The number of allylic oxidation sites excluding steroid dienone is 2. The van der Waals surface area contributed by atoms with Crippen LogP contribution in [0.4, 0.5) is 0 Å². The highest BCUT2D eigenvalue weighted by Crippen LogP contribution is 2.60. The van der Waals surface area contributed by atoms with E-state index in [9.17, 15) is 0 Å². The van der Waals surface area contributed by atoms with Gasteiger partial charge in [-0.05, 0) is 65.6 Å². The molecule has 0 heteroatoms. The largest absolute Gasteiger partial charge is 0.0914 e. The predicted octanol–water partition coefficient (Wildman–Crippen LogP) is 7.60. The predicted molar refractivity (Wildman–Crippen MR) is 106 cm³/mol. The molecule has 6 atom stereocenters. The van der Waals surface area contributed by atoms with Crippen LogP contribution in [0.5, 0.6) is 0 Å². The van der Waals surface area contributed by atoms with Crippen LogP contribution in [0.3, 0.4) is 0 Å². The highest BCUT2D eigenvalue weighted by molar-refractivity contribution is 5.02. The van der Waals surface area contributed by atoms with Crippen LogP contribution in [0.2, 0.25) is 0 Å². The van der Waals surface area contributed by atoms with Crippen LogP contribution in [0.25, 0.3) is 0 Å². The van der Waals surface area contributed by atoms with Gasteiger partial charge in [0.15, 0.2) is 0 Å². The van der Waals surface area contributed by atoms with E-state index in [1.807, 2.05) is 0 Å². The Morgan fingerprint density at radius 1 is 1.04 bits per heavy atom. The van der Waals surface area contributed by atoms with E-state index in [4.69, 9.17) is 0 Å². The molecule has 1 saturated carbocycles. The van der Waals surface area contributed by atoms with Crippen molar-refractivity contribution in [1.29, 1.82) is 0 Å². The lowest BCUT2D eigenvalue weighted by molar-refractivity contribution is 0.0105. The summed E-state index contributed by atoms with van der Waals surface area (Å²) in [5.74, 6) is 3.80. The van der Waals surface area contributed by atoms with E-state index in [0.29, 0.717) is 28.1 Å². The van der Waals surface area contributed by atoms with E-state index >= 15 is 0 Å². The van der Waals surface area contributed by atoms with Crippen LogP contribution >= 0.6 is 0 Å². The molecular weight excluding hydrogens is 276 g/mol. The fraction of sp³-hybridized carbons (Fsp3) is 0.913. The molecule has 0 spiro atoms. The van der Waals surface area contributed by atoms with Gasteiger partial charge in [0, 0.05) is 0 Å². The molecule has 0 saturated heterocycles. The number of hydrogen-bond acceptors (Lipinski definition) is 0. The molecule has 0 N–H and O–H groups in total. The van der Waals surface area contributed by atoms with Gasteiger partial charge in [0.1, 0.15) is 0 Å². The average Bonchev–Trinajstić information content (AvgIpc) is 2.74. The molecule has 5 unspecified atom stereocenters. The minimum absolute atomic E-state index is 0.376. The molecule has 0 aromatic rings. The Morgan fingerprint density at radius 2 is 1.57 bits per heavy atom. The van der Waals surface area contributed by atoms with Gasteiger partial charge in [0.2, 0.25) is 0 Å². The lowest BCUT2D eigenvalue weighted by atomic mass is 9.57. The van der Waals surface area contributed by atoms with Crippen molar-refractivity contribution in [3.8, 4) is 0 Å². The molecular formula is C23H44. The first-order valence-corrected chi connectivity index (χ1v) is 9.93. The third-order valence-electron chi connectivity index (χ3n) is 8.63. The minimum atomic E-state index is 0.376. The van der Waals surface area contributed by atoms with Gasteiger partial charge in [-0.1, -0.05) is 81.4 Å². The molecule has 0 amide bonds. The summed E-state index contributed by atoms with van der Waals surface area (Å²) in [5, 5.41) is 0. The van der Waals surface area contributed by atoms with E-state index < -0.39 is 0 Å². The third kappa shape index (κ3) is 3.72. The second-order valence-electron chi connectivity index (χ2n) is 10.4. The summed E-state index contributed by atoms with van der Waals surface area (Å²) in [7, 11) is 0. The zero-order valence-electron chi connectivity index (χ0n) is 18.0. The monoisotopic (exact) mass is 320 g/mol. The summed E-state index contributed by atoms with van der Waals surface area (Å²) in [6, 6.07) is 0. The molecule has 0 heterocycles. The molecule has 1 rings (SSSR count). The van der Waals surface area contributed by atoms with E-state index in [1.54, 1.807) is 0 Å². The first-order chi connectivity index (χ1) is 10.3. The third-order valence-corrected chi connectivity index (χ3v) is 8.63. The van der Waals surface area contributed by atoms with Crippen molar-refractivity contribution < 1.29 is 0 Å². The SMILES string of the molecule is C/C=C\C(C)C(C)C(C)(C)[C@H](C)C1CCC(C)(C(C)(C)C)C1C. The highest BCUT2D eigenvalue weighted by Gasteiger charge is 2.52. The summed E-state index contributed by atoms with van der Waals surface area (Å²) in [4.78, 5) is 0. The Kier molecular flexibility index (Phi) is 6.26. The molecule has 0 aromatic carbocycles. The Bertz CT molecular complexity index is 408. The van der Waals surface area contributed by atoms with Crippen molar-refractivity contribution in [2.45, 2.75) is 89.0 Å². The summed E-state index contributed by atoms with van der Waals surface area (Å²) < 4.78 is 0. The maximum Gasteiger partial charge on any atom is -0.0231 e. The van der Waals surface area contributed by atoms with Crippen LogP contribution < -0.4 is 0 Å². The van der Waals surface area contributed by atoms with Gasteiger partial charge in [-0.15, -0.1) is 0 Å². The molecule has 136 valence electrons. The van der Waals surface area contributed by atoms with Crippen LogP contribution in [0.15, 0.2) is 12.2 Å². The molecule has 23 heavy (non-hydrogen) atoms. The van der Waals surface area contributed by atoms with E-state index in [2.05, 4.69) is 88.3 Å². The van der Waals surface area contributed by atoms with Crippen molar-refractivity contribution >= 4 is 0 Å². The van der Waals surface area contributed by atoms with E-state index in [0.717, 1.165) is 17.8 Å². The highest BCUT2D eigenvalue weighted by atomic mass is 14.6. The van der Waals surface area contributed by atoms with Crippen molar-refractivity contribution in [2.24, 2.45) is 45.8 Å². The minimum Gasteiger partial charge on any atom is -0.0914 e. The van der Waals surface area contributed by atoms with Gasteiger partial charge in [0.25, 0.3) is 0 Å². The van der Waals surface area contributed by atoms with Gasteiger partial charge < -0.3 is 0 Å². The second-order valence-corrected chi connectivity index (χ2v) is 10.4. The Balaban J connectivity index is 2.99. The molecule has 1 aliphatic carbocycles. The summed E-state index contributed by atoms with van der Waals surface area (Å²) >= 11 is 0. The van der Waals surface area contributed by atoms with Crippen molar-refractivity contribution in [2.75, 3.05) is 0 Å². The van der Waals surface area contributed by atoms with Gasteiger partial charge in [-0.3, -0.25) is 0 Å². The number of hydrogen-bond donors (Lipinski definition) is 0. The topological polar surface area (TPSA) is 0 Å². The van der Waals surface area contributed by atoms with Gasteiger partial charge in [-0.25, -0.2) is 0 Å². The molecule has 1 fully saturated rings. The zero-order chi connectivity index (χ0) is 18.2. The quantitative estimate of drug-likeness (QED) is 0.457. The maximum atomic E-state index is 2.54. The van der Waals surface area contributed by atoms with Crippen LogP contribution in [0, 0.1) is 45.8 Å². The number of rotatable bonds is 5. The molecule has 0 aliphatic heterocycles. The zero-order valence-corrected chi connectivity index (χ0v) is 18.0. The summed E-state index contributed by atoms with van der Waals surface area (Å²) in [6.07, 6.45) is 7.40. The van der Waals surface area contributed by atoms with Gasteiger partial charge in [0.05, 0.1) is 0 Å². The summed E-state index contributed by atoms with van der Waals surface area (Å²) in [6.45, 7) is 27.0. The standard InChI is InChI=1S/C23H44/c1-12-13-16(2)17(3)22(9,10)18(4)20-14-15-23(11,19(20)5)21(6,7)8/h12-13,16-20H,14-15H2,1-11H3/b13-12-/t16?,17?,18-,19?,20?,23?/m1/s1. The van der Waals surface area contributed by atoms with Crippen molar-refractivity contribution in [3.05, 3.63) is 12.2 Å². The fourth-order valence-electron chi connectivity index (χ4n) is 5.27. The van der Waals surface area contributed by atoms with E-state index in [1.165, 1.54) is 12.8 Å². The normalized spacial score (nSPS) is 33.9. The summed E-state index contributed by atoms with van der Waals surface area (Å²) in [5.41, 5.74) is 1.25. The molecule has 0 radical (unpaired) electrons. The fourth-order valence-corrected chi connectivity index (χ4v) is 5.27. The van der Waals surface area contributed by atoms with Crippen LogP contribution in [-0.4, -0.2) is 0 Å². The van der Waals surface area contributed by atoms with Gasteiger partial charge >= 0.3 is 0 Å². The van der Waals surface area contributed by atoms with Crippen LogP contribution in [-0.2, 0) is 0 Å². The lowest BCUT2D eigenvalue weighted by Crippen LogP contribution is -2.41. The maximum absolute atomic E-state index is 2.54. The van der Waals surface area contributed by atoms with Gasteiger partial charge in [-0.2, -0.15) is 0 Å². The first-order valence-electron chi connectivity index (χ1n) is 9.93. The molecule has 0 aromatic heterocycles. The average molecular weight is 321 g/mol. The second kappa shape index (κ2) is 6.93. The molecule has 0 nitrogen and oxygen atoms in total. The Morgan fingerprint density at radius 3 is 1.96 bits per heavy atom. The lowest BCUT2D eigenvalue weighted by Gasteiger charge is -2.48. The van der Waals surface area contributed by atoms with Crippen molar-refractivity contribution in [1.82, 2.24) is 0 Å². The van der Waals surface area contributed by atoms with Crippen LogP contribution in [0.1, 0.15) is 89.0 Å². The first kappa shape index (κ1) is 20.8.